The number of rotatable bonds is 6. The van der Waals surface area contributed by atoms with Crippen LogP contribution < -0.4 is 15.2 Å². The van der Waals surface area contributed by atoms with E-state index < -0.39 is 57.8 Å². The third-order valence-electron chi connectivity index (χ3n) is 4.66. The first kappa shape index (κ1) is 23.7. The van der Waals surface area contributed by atoms with E-state index in [-0.39, 0.29) is 18.0 Å². The van der Waals surface area contributed by atoms with Crippen molar-refractivity contribution in [2.24, 2.45) is 5.73 Å². The number of nitrogens with zero attached hydrogens (tertiary/aromatic N) is 3. The zero-order chi connectivity index (χ0) is 23.7. The molecule has 1 aromatic heterocycles. The molecule has 0 saturated carbocycles. The van der Waals surface area contributed by atoms with Crippen LogP contribution in [0.1, 0.15) is 0 Å². The van der Waals surface area contributed by atoms with Crippen LogP contribution in [0.2, 0.25) is 0 Å². The van der Waals surface area contributed by atoms with E-state index in [4.69, 9.17) is 17.0 Å². The molecule has 0 amide bonds. The van der Waals surface area contributed by atoms with E-state index in [1.165, 1.54) is 12.1 Å². The summed E-state index contributed by atoms with van der Waals surface area (Å²) in [6.07, 6.45) is -5.50. The summed E-state index contributed by atoms with van der Waals surface area (Å²) in [5.74, 6) is -1.76. The van der Waals surface area contributed by atoms with Crippen LogP contribution in [0.15, 0.2) is 41.4 Å². The Hall–Kier alpha value is -2.99. The molecule has 0 unspecified atom stereocenters. The average molecular weight is 476 g/mol. The topological polar surface area (TPSA) is 119 Å². The number of hydrogen-bond donors (Lipinski definition) is 2. The highest BCUT2D eigenvalue weighted by Gasteiger charge is 2.50. The van der Waals surface area contributed by atoms with Crippen LogP contribution in [0, 0.1) is 12.4 Å². The number of benzene rings is 1. The van der Waals surface area contributed by atoms with Gasteiger partial charge in [-0.2, -0.15) is 4.31 Å². The van der Waals surface area contributed by atoms with Gasteiger partial charge in [0.25, 0.3) is 0 Å². The fourth-order valence-corrected chi connectivity index (χ4v) is 4.47. The van der Waals surface area contributed by atoms with E-state index in [0.29, 0.717) is 6.20 Å². The van der Waals surface area contributed by atoms with Gasteiger partial charge in [-0.25, -0.2) is 22.6 Å². The number of sulfonamides is 1. The van der Waals surface area contributed by atoms with Crippen LogP contribution in [0.25, 0.3) is 4.85 Å². The largest absolute Gasteiger partial charge is 0.574 e. The molecular weight excluding hydrogens is 460 g/mol. The number of ether oxygens (including phenoxy) is 2. The number of hydrogen-bond acceptors (Lipinski definition) is 7. The molecule has 0 spiro atoms. The molecule has 1 fully saturated rings. The summed E-state index contributed by atoms with van der Waals surface area (Å²) in [5.41, 5.74) is 3.53. The number of alkyl halides is 3. The SMILES string of the molecule is [C-]#[N+]c1ccc(O[C@H]2CN(S(=O)(=O)c3ccc(OC(F)(F)F)nc3)C[C@@]2(O)CN)cc1F. The fraction of sp³-hybridized carbons (Fsp3) is 0.333. The number of β-amino-alcohol motifs (C(OH)–C–C–N with tert-alkyl or cyclic N) is 1. The van der Waals surface area contributed by atoms with E-state index in [0.717, 1.165) is 22.5 Å². The minimum absolute atomic E-state index is 0.0543. The van der Waals surface area contributed by atoms with Crippen LogP contribution in [0.4, 0.5) is 23.2 Å². The first-order valence-corrected chi connectivity index (χ1v) is 10.3. The van der Waals surface area contributed by atoms with Gasteiger partial charge < -0.3 is 20.3 Å². The summed E-state index contributed by atoms with van der Waals surface area (Å²) in [7, 11) is -4.30. The second kappa shape index (κ2) is 8.51. The molecule has 1 aromatic carbocycles. The van der Waals surface area contributed by atoms with E-state index in [1.54, 1.807) is 0 Å². The summed E-state index contributed by atoms with van der Waals surface area (Å²) in [5, 5.41) is 10.8. The maximum atomic E-state index is 13.8. The predicted octanol–water partition coefficient (Wildman–Crippen LogP) is 1.81. The highest BCUT2D eigenvalue weighted by molar-refractivity contribution is 7.89. The minimum Gasteiger partial charge on any atom is -0.486 e. The lowest BCUT2D eigenvalue weighted by Crippen LogP contribution is -2.50. The number of aliphatic hydroxyl groups is 1. The molecule has 32 heavy (non-hydrogen) atoms. The van der Waals surface area contributed by atoms with Gasteiger partial charge in [-0.15, -0.1) is 13.2 Å². The van der Waals surface area contributed by atoms with Crippen molar-refractivity contribution in [1.29, 1.82) is 0 Å². The Morgan fingerprint density at radius 1 is 1.34 bits per heavy atom. The van der Waals surface area contributed by atoms with Crippen molar-refractivity contribution in [1.82, 2.24) is 9.29 Å². The van der Waals surface area contributed by atoms with Crippen molar-refractivity contribution in [2.45, 2.75) is 23.0 Å². The van der Waals surface area contributed by atoms with Gasteiger partial charge in [-0.3, -0.25) is 0 Å². The van der Waals surface area contributed by atoms with Crippen molar-refractivity contribution in [3.8, 4) is 11.6 Å². The first-order chi connectivity index (χ1) is 14.9. The monoisotopic (exact) mass is 476 g/mol. The Kier molecular flexibility index (Phi) is 6.29. The van der Waals surface area contributed by atoms with Crippen molar-refractivity contribution in [3.63, 3.8) is 0 Å². The summed E-state index contributed by atoms with van der Waals surface area (Å²) < 4.78 is 86.4. The number of aromatic nitrogens is 1. The molecular formula is C18H16F4N4O5S. The Bertz CT molecular complexity index is 1140. The van der Waals surface area contributed by atoms with Crippen molar-refractivity contribution in [3.05, 3.63) is 53.8 Å². The van der Waals surface area contributed by atoms with E-state index in [9.17, 15) is 31.1 Å². The third kappa shape index (κ3) is 4.91. The molecule has 2 atom stereocenters. The van der Waals surface area contributed by atoms with E-state index in [2.05, 4.69) is 14.6 Å². The molecule has 0 radical (unpaired) electrons. The Morgan fingerprint density at radius 3 is 2.59 bits per heavy atom. The fourth-order valence-electron chi connectivity index (χ4n) is 3.02. The molecule has 0 aliphatic carbocycles. The molecule has 0 bridgehead atoms. The van der Waals surface area contributed by atoms with Gasteiger partial charge >= 0.3 is 6.36 Å². The molecule has 172 valence electrons. The highest BCUT2D eigenvalue weighted by atomic mass is 32.2. The molecule has 1 aliphatic heterocycles. The Morgan fingerprint density at radius 2 is 2.06 bits per heavy atom. The van der Waals surface area contributed by atoms with Crippen molar-refractivity contribution in [2.75, 3.05) is 19.6 Å². The minimum atomic E-state index is -4.99. The standard InChI is InChI=1S/C18H16F4N4O5S/c1-24-14-4-2-11(6-13(14)19)30-15-8-26(10-17(15,27)9-23)32(28,29)12-3-5-16(25-7-12)31-18(20,21)22/h2-7,15,27H,8-10,23H2/t15-,17-/m0/s1. The zero-order valence-corrected chi connectivity index (χ0v) is 16.9. The Balaban J connectivity index is 1.81. The van der Waals surface area contributed by atoms with Gasteiger partial charge in [0.2, 0.25) is 21.6 Å². The van der Waals surface area contributed by atoms with Crippen molar-refractivity contribution < 1.29 is 40.6 Å². The van der Waals surface area contributed by atoms with Crippen molar-refractivity contribution >= 4 is 15.7 Å². The van der Waals surface area contributed by atoms with Crippen LogP contribution in [-0.4, -0.2) is 60.5 Å². The van der Waals surface area contributed by atoms with Gasteiger partial charge in [0.1, 0.15) is 28.2 Å². The number of nitrogens with two attached hydrogens (primary N) is 1. The van der Waals surface area contributed by atoms with Crippen LogP contribution >= 0.6 is 0 Å². The zero-order valence-electron chi connectivity index (χ0n) is 16.1. The molecule has 9 nitrogen and oxygen atoms in total. The lowest BCUT2D eigenvalue weighted by Gasteiger charge is -2.27. The second-order valence-corrected chi connectivity index (χ2v) is 8.75. The lowest BCUT2D eigenvalue weighted by atomic mass is 10.0. The van der Waals surface area contributed by atoms with Gasteiger partial charge in [0.15, 0.2) is 0 Å². The van der Waals surface area contributed by atoms with Crippen LogP contribution in [-0.2, 0) is 10.0 Å². The van der Waals surface area contributed by atoms with Gasteiger partial charge in [-0.1, -0.05) is 0 Å². The predicted molar refractivity (Wildman–Crippen MR) is 101 cm³/mol. The van der Waals surface area contributed by atoms with Gasteiger partial charge in [0, 0.05) is 25.2 Å². The molecule has 3 N–H and O–H groups in total. The molecule has 3 rings (SSSR count). The number of pyridine rings is 1. The van der Waals surface area contributed by atoms with Gasteiger partial charge in [0.05, 0.1) is 19.3 Å². The van der Waals surface area contributed by atoms with Crippen LogP contribution in [0.5, 0.6) is 11.6 Å². The third-order valence-corrected chi connectivity index (χ3v) is 6.45. The summed E-state index contributed by atoms with van der Waals surface area (Å²) in [6, 6.07) is 4.98. The normalized spacial score (nSPS) is 21.8. The van der Waals surface area contributed by atoms with E-state index in [1.807, 2.05) is 0 Å². The second-order valence-electron chi connectivity index (χ2n) is 6.82. The molecule has 2 heterocycles. The lowest BCUT2D eigenvalue weighted by molar-refractivity contribution is -0.276. The molecule has 1 saturated heterocycles. The number of halogens is 4. The molecule has 1 aliphatic rings. The molecule has 2 aromatic rings. The first-order valence-electron chi connectivity index (χ1n) is 8.86. The summed E-state index contributed by atoms with van der Waals surface area (Å²) in [6.45, 7) is 5.58. The van der Waals surface area contributed by atoms with Crippen LogP contribution in [0.3, 0.4) is 0 Å². The maximum Gasteiger partial charge on any atom is 0.574 e. The quantitative estimate of drug-likeness (QED) is 0.482. The summed E-state index contributed by atoms with van der Waals surface area (Å²) in [4.78, 5) is 5.87. The smallest absolute Gasteiger partial charge is 0.486 e. The van der Waals surface area contributed by atoms with E-state index >= 15 is 0 Å². The Labute approximate surface area is 179 Å². The maximum absolute atomic E-state index is 13.8. The highest BCUT2D eigenvalue weighted by Crippen LogP contribution is 2.32. The molecule has 14 heteroatoms. The average Bonchev–Trinajstić information content (AvgIpc) is 3.05. The summed E-state index contributed by atoms with van der Waals surface area (Å²) >= 11 is 0. The van der Waals surface area contributed by atoms with Gasteiger partial charge in [-0.05, 0) is 18.2 Å².